The summed E-state index contributed by atoms with van der Waals surface area (Å²) in [6, 6.07) is 9.49. The van der Waals surface area contributed by atoms with Crippen LogP contribution in [0.25, 0.3) is 0 Å². The second-order valence-electron chi connectivity index (χ2n) is 3.98. The number of hydrogen-bond acceptors (Lipinski definition) is 3. The van der Waals surface area contributed by atoms with Crippen molar-refractivity contribution in [3.05, 3.63) is 51.9 Å². The van der Waals surface area contributed by atoms with Crippen molar-refractivity contribution in [2.75, 3.05) is 6.61 Å². The minimum atomic E-state index is -0.506. The number of aryl methyl sites for hydroxylation is 1. The lowest BCUT2D eigenvalue weighted by molar-refractivity contribution is 0.0837. The van der Waals surface area contributed by atoms with Crippen LogP contribution in [0.3, 0.4) is 0 Å². The number of aromatic nitrogens is 2. The van der Waals surface area contributed by atoms with Crippen LogP contribution in [0.1, 0.15) is 24.3 Å². The Hall–Kier alpha value is -2.01. The van der Waals surface area contributed by atoms with Gasteiger partial charge in [-0.15, -0.1) is 0 Å². The van der Waals surface area contributed by atoms with E-state index in [0.717, 1.165) is 5.56 Å². The van der Waals surface area contributed by atoms with E-state index in [1.54, 1.807) is 7.05 Å². The molecule has 0 spiro atoms. The van der Waals surface area contributed by atoms with Crippen LogP contribution in [-0.4, -0.2) is 21.5 Å². The molecule has 0 aliphatic rings. The quantitative estimate of drug-likeness (QED) is 0.862. The highest BCUT2D eigenvalue weighted by Crippen LogP contribution is 2.29. The predicted octanol–water partition coefficient (Wildman–Crippen LogP) is 1.54. The monoisotopic (exact) mass is 248 g/mol. The molecule has 0 saturated carbocycles. The lowest BCUT2D eigenvalue weighted by Crippen LogP contribution is -2.11. The number of nitrogens with zero attached hydrogens (tertiary/aromatic N) is 1. The molecule has 1 atom stereocenters. The fourth-order valence-corrected chi connectivity index (χ4v) is 1.97. The Morgan fingerprint density at radius 2 is 2.06 bits per heavy atom. The molecule has 0 amide bonds. The molecular weight excluding hydrogens is 232 g/mol. The van der Waals surface area contributed by atoms with E-state index in [0.29, 0.717) is 12.3 Å². The van der Waals surface area contributed by atoms with Gasteiger partial charge in [-0.1, -0.05) is 30.3 Å². The lowest BCUT2D eigenvalue weighted by Gasteiger charge is -2.18. The van der Waals surface area contributed by atoms with Gasteiger partial charge in [0, 0.05) is 13.7 Å². The van der Waals surface area contributed by atoms with E-state index in [9.17, 15) is 9.90 Å². The van der Waals surface area contributed by atoms with E-state index in [4.69, 9.17) is 4.74 Å². The number of aromatic hydroxyl groups is 1. The van der Waals surface area contributed by atoms with Crippen LogP contribution >= 0.6 is 0 Å². The Morgan fingerprint density at radius 3 is 2.56 bits per heavy atom. The standard InChI is InChI=1S/C13H16N2O3/c1-3-18-12(9-7-5-4-6-8-9)10-11(16)13(17)14-15(10)2/h4-8,12,16H,3H2,1-2H3,(H,14,17). The molecule has 5 nitrogen and oxygen atoms in total. The molecule has 1 heterocycles. The highest BCUT2D eigenvalue weighted by Gasteiger charge is 2.23. The molecule has 0 saturated heterocycles. The van der Waals surface area contributed by atoms with Crippen LogP contribution in [0.5, 0.6) is 5.75 Å². The first-order valence-electron chi connectivity index (χ1n) is 5.79. The zero-order chi connectivity index (χ0) is 13.1. The molecule has 1 aromatic heterocycles. The van der Waals surface area contributed by atoms with Gasteiger partial charge in [0.05, 0.1) is 0 Å². The van der Waals surface area contributed by atoms with Gasteiger partial charge in [0.25, 0.3) is 0 Å². The summed E-state index contributed by atoms with van der Waals surface area (Å²) in [6.45, 7) is 2.36. The minimum Gasteiger partial charge on any atom is -0.502 e. The van der Waals surface area contributed by atoms with Gasteiger partial charge in [0.1, 0.15) is 11.8 Å². The first kappa shape index (κ1) is 12.4. The number of aromatic amines is 1. The van der Waals surface area contributed by atoms with Crippen LogP contribution in [0, 0.1) is 0 Å². The topological polar surface area (TPSA) is 67.2 Å². The van der Waals surface area contributed by atoms with E-state index in [1.165, 1.54) is 4.68 Å². The van der Waals surface area contributed by atoms with Crippen molar-refractivity contribution in [3.63, 3.8) is 0 Å². The summed E-state index contributed by atoms with van der Waals surface area (Å²) in [5.74, 6) is -0.292. The SMILES string of the molecule is CCOC(c1ccccc1)c1c(O)c(=O)[nH]n1C. The zero-order valence-corrected chi connectivity index (χ0v) is 10.4. The average Bonchev–Trinajstić information content (AvgIpc) is 2.62. The van der Waals surface area contributed by atoms with Crippen LogP contribution in [0.4, 0.5) is 0 Å². The summed E-state index contributed by atoms with van der Waals surface area (Å²) >= 11 is 0. The molecular formula is C13H16N2O3. The van der Waals surface area contributed by atoms with Crippen molar-refractivity contribution >= 4 is 0 Å². The fourth-order valence-electron chi connectivity index (χ4n) is 1.97. The highest BCUT2D eigenvalue weighted by molar-refractivity contribution is 5.34. The van der Waals surface area contributed by atoms with Crippen LogP contribution in [0.15, 0.2) is 35.1 Å². The number of H-pyrrole nitrogens is 1. The van der Waals surface area contributed by atoms with E-state index < -0.39 is 11.7 Å². The summed E-state index contributed by atoms with van der Waals surface area (Å²) < 4.78 is 7.14. The van der Waals surface area contributed by atoms with Crippen LogP contribution in [0.2, 0.25) is 0 Å². The van der Waals surface area contributed by atoms with E-state index in [2.05, 4.69) is 5.10 Å². The van der Waals surface area contributed by atoms with Crippen LogP contribution in [-0.2, 0) is 11.8 Å². The molecule has 0 radical (unpaired) electrons. The lowest BCUT2D eigenvalue weighted by atomic mass is 10.1. The molecule has 96 valence electrons. The van der Waals surface area contributed by atoms with Gasteiger partial charge in [-0.05, 0) is 12.5 Å². The Balaban J connectivity index is 2.51. The third-order valence-electron chi connectivity index (χ3n) is 2.77. The zero-order valence-electron chi connectivity index (χ0n) is 10.4. The second-order valence-corrected chi connectivity index (χ2v) is 3.98. The number of nitrogens with one attached hydrogen (secondary N) is 1. The minimum absolute atomic E-state index is 0.292. The third-order valence-corrected chi connectivity index (χ3v) is 2.77. The first-order chi connectivity index (χ1) is 8.65. The molecule has 0 fully saturated rings. The molecule has 0 aliphatic carbocycles. The Bertz CT molecular complexity index is 572. The molecule has 1 unspecified atom stereocenters. The van der Waals surface area contributed by atoms with Crippen LogP contribution < -0.4 is 5.56 Å². The van der Waals surface area contributed by atoms with Crippen molar-refractivity contribution in [2.24, 2.45) is 7.05 Å². The number of hydrogen-bond donors (Lipinski definition) is 2. The fraction of sp³-hybridized carbons (Fsp3) is 0.308. The summed E-state index contributed by atoms with van der Waals surface area (Å²) in [6.07, 6.45) is -0.458. The smallest absolute Gasteiger partial charge is 0.306 e. The Labute approximate surface area is 105 Å². The summed E-state index contributed by atoms with van der Waals surface area (Å²) in [5, 5.41) is 12.3. The van der Waals surface area contributed by atoms with Crippen molar-refractivity contribution < 1.29 is 9.84 Å². The number of benzene rings is 1. The van der Waals surface area contributed by atoms with Crippen molar-refractivity contribution in [1.29, 1.82) is 0 Å². The molecule has 18 heavy (non-hydrogen) atoms. The molecule has 1 aromatic carbocycles. The maximum atomic E-state index is 11.4. The second kappa shape index (κ2) is 5.10. The van der Waals surface area contributed by atoms with Crippen molar-refractivity contribution in [1.82, 2.24) is 9.78 Å². The third kappa shape index (κ3) is 2.17. The first-order valence-corrected chi connectivity index (χ1v) is 5.79. The molecule has 2 rings (SSSR count). The van der Waals surface area contributed by atoms with Crippen molar-refractivity contribution in [3.8, 4) is 5.75 Å². The van der Waals surface area contributed by atoms with E-state index in [1.807, 2.05) is 37.3 Å². The Kier molecular flexibility index (Phi) is 3.53. The molecule has 5 heteroatoms. The average molecular weight is 248 g/mol. The van der Waals surface area contributed by atoms with Gasteiger partial charge in [0.2, 0.25) is 5.75 Å². The predicted molar refractivity (Wildman–Crippen MR) is 67.6 cm³/mol. The molecule has 0 aliphatic heterocycles. The maximum absolute atomic E-state index is 11.4. The van der Waals surface area contributed by atoms with Gasteiger partial charge in [-0.25, -0.2) is 0 Å². The summed E-state index contributed by atoms with van der Waals surface area (Å²) in [7, 11) is 1.67. The van der Waals surface area contributed by atoms with Gasteiger partial charge < -0.3 is 9.84 Å². The molecule has 2 aromatic rings. The van der Waals surface area contributed by atoms with Crippen molar-refractivity contribution in [2.45, 2.75) is 13.0 Å². The molecule has 2 N–H and O–H groups in total. The highest BCUT2D eigenvalue weighted by atomic mass is 16.5. The summed E-state index contributed by atoms with van der Waals surface area (Å²) in [5.41, 5.74) is 0.824. The molecule has 0 bridgehead atoms. The normalized spacial score (nSPS) is 12.6. The van der Waals surface area contributed by atoms with Gasteiger partial charge in [-0.2, -0.15) is 0 Å². The van der Waals surface area contributed by atoms with E-state index in [-0.39, 0.29) is 5.75 Å². The number of rotatable bonds is 4. The maximum Gasteiger partial charge on any atom is 0.306 e. The van der Waals surface area contributed by atoms with Gasteiger partial charge in [-0.3, -0.25) is 14.6 Å². The number of ether oxygens (including phenoxy) is 1. The Morgan fingerprint density at radius 1 is 1.39 bits per heavy atom. The van der Waals surface area contributed by atoms with E-state index >= 15 is 0 Å². The van der Waals surface area contributed by atoms with Gasteiger partial charge >= 0.3 is 5.56 Å². The largest absolute Gasteiger partial charge is 0.502 e. The van der Waals surface area contributed by atoms with Gasteiger partial charge in [0.15, 0.2) is 0 Å². The summed E-state index contributed by atoms with van der Waals surface area (Å²) in [4.78, 5) is 11.4.